The monoisotopic (exact) mass is 416 g/mol. The lowest BCUT2D eigenvalue weighted by Crippen LogP contribution is -2.44. The molecule has 0 fully saturated rings. The van der Waals surface area contributed by atoms with Gasteiger partial charge in [0.2, 0.25) is 0 Å². The molecule has 0 aliphatic heterocycles. The Morgan fingerprint density at radius 2 is 2.03 bits per heavy atom. The van der Waals surface area contributed by atoms with Crippen LogP contribution in [0.1, 0.15) is 11.1 Å². The number of hydrogen-bond donors (Lipinski definition) is 1. The van der Waals surface area contributed by atoms with Crippen LogP contribution in [0.5, 0.6) is 0 Å². The topological polar surface area (TPSA) is 54.2 Å². The van der Waals surface area contributed by atoms with E-state index in [-0.39, 0.29) is 25.2 Å². The predicted octanol–water partition coefficient (Wildman–Crippen LogP) is 3.23. The van der Waals surface area contributed by atoms with E-state index in [1.807, 2.05) is 18.2 Å². The van der Waals surface area contributed by atoms with E-state index in [0.717, 1.165) is 17.7 Å². The second-order valence-electron chi connectivity index (χ2n) is 6.69. The molecule has 1 N–H and O–H groups in total. The third-order valence-electron chi connectivity index (χ3n) is 4.47. The Bertz CT molecular complexity index is 1010. The highest BCUT2D eigenvalue weighted by Gasteiger charge is 2.35. The van der Waals surface area contributed by atoms with E-state index in [0.29, 0.717) is 11.6 Å². The van der Waals surface area contributed by atoms with E-state index in [2.05, 4.69) is 16.0 Å². The van der Waals surface area contributed by atoms with Crippen molar-refractivity contribution in [2.24, 2.45) is 0 Å². The van der Waals surface area contributed by atoms with Gasteiger partial charge in [0.05, 0.1) is 13.1 Å². The van der Waals surface area contributed by atoms with Crippen molar-refractivity contribution in [3.63, 3.8) is 0 Å². The molecule has 3 rings (SSSR count). The van der Waals surface area contributed by atoms with E-state index in [1.54, 1.807) is 11.0 Å². The molecule has 0 bridgehead atoms. The molecule has 0 radical (unpaired) electrons. The lowest BCUT2D eigenvalue weighted by atomic mass is 9.92. The molecule has 1 atom stereocenters. The second-order valence-corrected chi connectivity index (χ2v) is 7.10. The van der Waals surface area contributed by atoms with Gasteiger partial charge >= 0.3 is 0 Å². The van der Waals surface area contributed by atoms with Crippen LogP contribution in [0, 0.1) is 24.0 Å². The van der Waals surface area contributed by atoms with E-state index < -0.39 is 17.2 Å². The number of terminal acetylenes is 1. The van der Waals surface area contributed by atoms with Crippen LogP contribution in [-0.4, -0.2) is 37.9 Å². The Kier molecular flexibility index (Phi) is 6.60. The molecule has 1 heterocycles. The van der Waals surface area contributed by atoms with Crippen molar-refractivity contribution in [2.75, 3.05) is 13.1 Å². The molecule has 0 amide bonds. The lowest BCUT2D eigenvalue weighted by Gasteiger charge is -2.34. The van der Waals surface area contributed by atoms with Gasteiger partial charge in [0, 0.05) is 29.7 Å². The van der Waals surface area contributed by atoms with Crippen molar-refractivity contribution < 1.29 is 13.9 Å². The standard InChI is InChI=1S/C21H19ClF2N4O/c1-2-9-27(11-16-5-3-4-6-19(16)22)12-21(29,13-28-15-25-14-26-28)18-8-7-17(23)10-20(18)24/h1,3-8,10,14-15,29H,9,11-13H2. The SMILES string of the molecule is C#CCN(Cc1ccccc1Cl)CC(O)(Cn1cncn1)c1ccc(F)cc1F. The first-order valence-corrected chi connectivity index (χ1v) is 9.18. The third-order valence-corrected chi connectivity index (χ3v) is 4.84. The summed E-state index contributed by atoms with van der Waals surface area (Å²) in [5.74, 6) is 0.961. The zero-order valence-corrected chi connectivity index (χ0v) is 16.2. The van der Waals surface area contributed by atoms with Crippen molar-refractivity contribution in [1.29, 1.82) is 0 Å². The first-order valence-electron chi connectivity index (χ1n) is 8.81. The van der Waals surface area contributed by atoms with Crippen molar-refractivity contribution in [1.82, 2.24) is 19.7 Å². The molecule has 1 unspecified atom stereocenters. The normalized spacial score (nSPS) is 13.2. The van der Waals surface area contributed by atoms with Crippen LogP contribution in [0.25, 0.3) is 0 Å². The smallest absolute Gasteiger partial charge is 0.137 e. The Hall–Kier alpha value is -2.79. The summed E-state index contributed by atoms with van der Waals surface area (Å²) in [6, 6.07) is 10.3. The summed E-state index contributed by atoms with van der Waals surface area (Å²) in [7, 11) is 0. The van der Waals surface area contributed by atoms with Gasteiger partial charge < -0.3 is 5.11 Å². The van der Waals surface area contributed by atoms with Gasteiger partial charge in [-0.3, -0.25) is 4.90 Å². The molecule has 0 spiro atoms. The fourth-order valence-corrected chi connectivity index (χ4v) is 3.40. The Balaban J connectivity index is 1.95. The van der Waals surface area contributed by atoms with Gasteiger partial charge in [-0.2, -0.15) is 5.10 Å². The summed E-state index contributed by atoms with van der Waals surface area (Å²) in [6.45, 7) is 0.393. The number of nitrogens with zero attached hydrogens (tertiary/aromatic N) is 4. The minimum Gasteiger partial charge on any atom is -0.382 e. The molecular formula is C21H19ClF2N4O. The average molecular weight is 417 g/mol. The summed E-state index contributed by atoms with van der Waals surface area (Å²) in [5, 5.41) is 16.0. The fourth-order valence-electron chi connectivity index (χ4n) is 3.20. The summed E-state index contributed by atoms with van der Waals surface area (Å²) >= 11 is 6.25. The Morgan fingerprint density at radius 3 is 2.69 bits per heavy atom. The fraction of sp³-hybridized carbons (Fsp3) is 0.238. The van der Waals surface area contributed by atoms with Gasteiger partial charge in [-0.15, -0.1) is 6.42 Å². The average Bonchev–Trinajstić information content (AvgIpc) is 3.16. The van der Waals surface area contributed by atoms with Crippen LogP contribution >= 0.6 is 11.6 Å². The summed E-state index contributed by atoms with van der Waals surface area (Å²) < 4.78 is 29.4. The number of rotatable bonds is 8. The molecule has 0 saturated heterocycles. The number of halogens is 3. The zero-order valence-electron chi connectivity index (χ0n) is 15.5. The maximum atomic E-state index is 14.6. The predicted molar refractivity (Wildman–Crippen MR) is 106 cm³/mol. The first kappa shape index (κ1) is 20.9. The van der Waals surface area contributed by atoms with E-state index in [9.17, 15) is 13.9 Å². The van der Waals surface area contributed by atoms with Gasteiger partial charge in [-0.05, 0) is 17.7 Å². The molecule has 0 aliphatic carbocycles. The minimum absolute atomic E-state index is 0.0369. The summed E-state index contributed by atoms with van der Waals surface area (Å²) in [4.78, 5) is 5.62. The molecule has 2 aromatic carbocycles. The maximum Gasteiger partial charge on any atom is 0.137 e. The maximum absolute atomic E-state index is 14.6. The molecule has 8 heteroatoms. The molecule has 1 aromatic heterocycles. The molecule has 29 heavy (non-hydrogen) atoms. The largest absolute Gasteiger partial charge is 0.382 e. The molecule has 5 nitrogen and oxygen atoms in total. The van der Waals surface area contributed by atoms with E-state index in [4.69, 9.17) is 18.0 Å². The van der Waals surface area contributed by atoms with Gasteiger partial charge in [-0.1, -0.05) is 41.8 Å². The molecule has 150 valence electrons. The van der Waals surface area contributed by atoms with Crippen molar-refractivity contribution in [3.8, 4) is 12.3 Å². The number of hydrogen-bond acceptors (Lipinski definition) is 4. The van der Waals surface area contributed by atoms with Crippen molar-refractivity contribution >= 4 is 11.6 Å². The summed E-state index contributed by atoms with van der Waals surface area (Å²) in [5.41, 5.74) is -0.994. The van der Waals surface area contributed by atoms with Crippen LogP contribution in [0.4, 0.5) is 8.78 Å². The lowest BCUT2D eigenvalue weighted by molar-refractivity contribution is -0.0205. The Morgan fingerprint density at radius 1 is 1.24 bits per heavy atom. The molecular weight excluding hydrogens is 398 g/mol. The van der Waals surface area contributed by atoms with Crippen LogP contribution in [0.2, 0.25) is 5.02 Å². The van der Waals surface area contributed by atoms with Gasteiger partial charge in [-0.25, -0.2) is 18.4 Å². The van der Waals surface area contributed by atoms with Gasteiger partial charge in [0.1, 0.15) is 29.9 Å². The second kappa shape index (κ2) is 9.14. The van der Waals surface area contributed by atoms with Crippen LogP contribution in [-0.2, 0) is 18.7 Å². The highest BCUT2D eigenvalue weighted by Crippen LogP contribution is 2.29. The molecule has 0 aliphatic rings. The molecule has 0 saturated carbocycles. The highest BCUT2D eigenvalue weighted by atomic mass is 35.5. The third kappa shape index (κ3) is 5.18. The van der Waals surface area contributed by atoms with Crippen molar-refractivity contribution in [2.45, 2.75) is 18.7 Å². The highest BCUT2D eigenvalue weighted by molar-refractivity contribution is 6.31. The quantitative estimate of drug-likeness (QED) is 0.573. The first-order chi connectivity index (χ1) is 13.9. The van der Waals surface area contributed by atoms with Crippen LogP contribution in [0.15, 0.2) is 55.1 Å². The number of aliphatic hydroxyl groups is 1. The number of aromatic nitrogens is 3. The molecule has 3 aromatic rings. The Labute approximate surface area is 172 Å². The summed E-state index contributed by atoms with van der Waals surface area (Å²) in [6.07, 6.45) is 8.23. The van der Waals surface area contributed by atoms with Gasteiger partial charge in [0.25, 0.3) is 0 Å². The zero-order chi connectivity index (χ0) is 20.9. The number of benzene rings is 2. The van der Waals surface area contributed by atoms with Crippen LogP contribution < -0.4 is 0 Å². The minimum atomic E-state index is -1.75. The van der Waals surface area contributed by atoms with E-state index >= 15 is 0 Å². The van der Waals surface area contributed by atoms with Crippen LogP contribution in [0.3, 0.4) is 0 Å². The van der Waals surface area contributed by atoms with Gasteiger partial charge in [0.15, 0.2) is 0 Å². The van der Waals surface area contributed by atoms with E-state index in [1.165, 1.54) is 23.4 Å². The van der Waals surface area contributed by atoms with Crippen molar-refractivity contribution in [3.05, 3.63) is 82.9 Å².